The Bertz CT molecular complexity index is 1930. The standard InChI is InChI=1S/C32H33Cl2N5O4S2/c1-16-21(30(40)38-45(41,42)32(2)10-11-32)8-9-25-29(16)44-31(36-25)39-19-12-18(13-20(39)14-19)35-15-22-27(37-43-28(22)17-6-7-17)26-23(33)4-3-5-24(26)34/h3-5,8-9,17-20,35H,6-7,10-15H2,1-2H3,(H,38,40). The molecule has 3 aliphatic carbocycles. The first-order valence-electron chi connectivity index (χ1n) is 15.4. The Labute approximate surface area is 275 Å². The highest BCUT2D eigenvalue weighted by atomic mass is 35.5. The quantitative estimate of drug-likeness (QED) is 0.194. The number of aryl methyl sites for hydroxylation is 1. The first-order valence-corrected chi connectivity index (χ1v) is 18.5. The molecule has 2 saturated heterocycles. The number of amides is 1. The van der Waals surface area contributed by atoms with Crippen LogP contribution in [0.4, 0.5) is 5.13 Å². The van der Waals surface area contributed by atoms with E-state index in [4.69, 9.17) is 32.7 Å². The topological polar surface area (TPSA) is 117 Å². The van der Waals surface area contributed by atoms with Gasteiger partial charge >= 0.3 is 0 Å². The molecule has 2 aliphatic heterocycles. The molecule has 45 heavy (non-hydrogen) atoms. The van der Waals surface area contributed by atoms with Crippen molar-refractivity contribution in [2.24, 2.45) is 0 Å². The van der Waals surface area contributed by atoms with E-state index in [2.05, 4.69) is 20.1 Å². The van der Waals surface area contributed by atoms with E-state index in [1.54, 1.807) is 24.3 Å². The molecule has 4 heterocycles. The molecule has 9 rings (SSSR count). The van der Waals surface area contributed by atoms with Gasteiger partial charge < -0.3 is 14.7 Å². The number of benzene rings is 2. The number of anilines is 1. The second-order valence-electron chi connectivity index (χ2n) is 13.2. The zero-order valence-electron chi connectivity index (χ0n) is 24.9. The lowest BCUT2D eigenvalue weighted by atomic mass is 9.77. The van der Waals surface area contributed by atoms with Crippen LogP contribution in [0.2, 0.25) is 10.0 Å². The van der Waals surface area contributed by atoms with Gasteiger partial charge in [-0.1, -0.05) is 45.8 Å². The Morgan fingerprint density at radius 3 is 2.49 bits per heavy atom. The lowest BCUT2D eigenvalue weighted by Gasteiger charge is -2.55. The molecule has 5 fully saturated rings. The zero-order valence-corrected chi connectivity index (χ0v) is 28.0. The van der Waals surface area contributed by atoms with Gasteiger partial charge in [0.15, 0.2) is 5.13 Å². The third-order valence-electron chi connectivity index (χ3n) is 10.1. The van der Waals surface area contributed by atoms with Gasteiger partial charge in [0, 0.05) is 47.3 Å². The van der Waals surface area contributed by atoms with Crippen molar-refractivity contribution in [1.29, 1.82) is 0 Å². The van der Waals surface area contributed by atoms with Crippen LogP contribution in [0.5, 0.6) is 0 Å². The largest absolute Gasteiger partial charge is 0.360 e. The third kappa shape index (κ3) is 5.06. The molecule has 2 unspecified atom stereocenters. The predicted octanol–water partition coefficient (Wildman–Crippen LogP) is 6.96. The Kier molecular flexibility index (Phi) is 7.04. The molecule has 9 nitrogen and oxygen atoms in total. The van der Waals surface area contributed by atoms with Gasteiger partial charge in [-0.15, -0.1) is 0 Å². The number of carbonyl (C=O) groups is 1. The van der Waals surface area contributed by atoms with E-state index in [0.29, 0.717) is 59.0 Å². The number of sulfonamides is 1. The smallest absolute Gasteiger partial charge is 0.265 e. The summed E-state index contributed by atoms with van der Waals surface area (Å²) in [6, 6.07) is 10.1. The summed E-state index contributed by atoms with van der Waals surface area (Å²) in [7, 11) is -3.71. The summed E-state index contributed by atoms with van der Waals surface area (Å²) in [6.45, 7) is 4.18. The number of piperidine rings is 1. The summed E-state index contributed by atoms with van der Waals surface area (Å²) in [5.74, 6) is 0.762. The van der Waals surface area contributed by atoms with Crippen molar-refractivity contribution in [3.05, 3.63) is 62.8 Å². The van der Waals surface area contributed by atoms with Crippen LogP contribution in [-0.2, 0) is 16.6 Å². The van der Waals surface area contributed by atoms with Crippen LogP contribution in [0.25, 0.3) is 21.5 Å². The van der Waals surface area contributed by atoms with Gasteiger partial charge in [0.25, 0.3) is 5.91 Å². The molecule has 1 amide bonds. The number of nitrogens with one attached hydrogen (secondary N) is 2. The van der Waals surface area contributed by atoms with Crippen molar-refractivity contribution in [1.82, 2.24) is 20.2 Å². The van der Waals surface area contributed by atoms with Crippen LogP contribution in [-0.4, -0.2) is 47.3 Å². The number of hydrogen-bond acceptors (Lipinski definition) is 9. The molecule has 236 valence electrons. The number of thiazole rings is 1. The van der Waals surface area contributed by atoms with Crippen molar-refractivity contribution in [3.63, 3.8) is 0 Å². The molecule has 2 aromatic carbocycles. The molecule has 2 aromatic heterocycles. The SMILES string of the molecule is Cc1c(C(=O)NS(=O)(=O)C2(C)CC2)ccc2nc(N3C4CC(NCc5c(-c6c(Cl)cccc6Cl)noc5C5CC5)CC3C4)sc12. The highest BCUT2D eigenvalue weighted by Crippen LogP contribution is 2.48. The van der Waals surface area contributed by atoms with Gasteiger partial charge in [-0.05, 0) is 88.6 Å². The van der Waals surface area contributed by atoms with Crippen molar-refractivity contribution >= 4 is 65.8 Å². The average molecular weight is 687 g/mol. The molecule has 2 atom stereocenters. The normalized spacial score (nSPS) is 23.6. The summed E-state index contributed by atoms with van der Waals surface area (Å²) in [5.41, 5.74) is 4.44. The number of nitrogens with zero attached hydrogens (tertiary/aromatic N) is 3. The van der Waals surface area contributed by atoms with Crippen molar-refractivity contribution < 1.29 is 17.7 Å². The maximum atomic E-state index is 13.0. The first-order chi connectivity index (χ1) is 21.5. The van der Waals surface area contributed by atoms with Gasteiger partial charge in [-0.3, -0.25) is 4.79 Å². The van der Waals surface area contributed by atoms with Crippen LogP contribution in [0.3, 0.4) is 0 Å². The maximum Gasteiger partial charge on any atom is 0.265 e. The van der Waals surface area contributed by atoms with E-state index >= 15 is 0 Å². The molecule has 4 aromatic rings. The minimum atomic E-state index is -3.71. The number of fused-ring (bicyclic) bond motifs is 3. The first kappa shape index (κ1) is 29.7. The minimum absolute atomic E-state index is 0.336. The van der Waals surface area contributed by atoms with Crippen LogP contribution in [0, 0.1) is 6.92 Å². The molecule has 13 heteroatoms. The van der Waals surface area contributed by atoms with Gasteiger partial charge in [0.1, 0.15) is 11.5 Å². The third-order valence-corrected chi connectivity index (χ3v) is 14.1. The van der Waals surface area contributed by atoms with Gasteiger partial charge in [0.05, 0.1) is 25.0 Å². The van der Waals surface area contributed by atoms with Gasteiger partial charge in [-0.25, -0.2) is 18.1 Å². The highest BCUT2D eigenvalue weighted by molar-refractivity contribution is 7.91. The maximum absolute atomic E-state index is 13.0. The Morgan fingerprint density at radius 2 is 1.82 bits per heavy atom. The summed E-state index contributed by atoms with van der Waals surface area (Å²) < 4.78 is 33.5. The fraction of sp³-hybridized carbons (Fsp3) is 0.469. The average Bonchev–Trinajstić information content (AvgIpc) is 3.90. The number of halogens is 2. The van der Waals surface area contributed by atoms with Crippen LogP contribution < -0.4 is 14.9 Å². The lowest BCUT2D eigenvalue weighted by Crippen LogP contribution is -2.64. The van der Waals surface area contributed by atoms with E-state index in [-0.39, 0.29) is 0 Å². The lowest BCUT2D eigenvalue weighted by molar-refractivity contribution is 0.0980. The fourth-order valence-corrected chi connectivity index (χ4v) is 9.92. The summed E-state index contributed by atoms with van der Waals surface area (Å²) in [4.78, 5) is 20.4. The molecule has 2 bridgehead atoms. The summed E-state index contributed by atoms with van der Waals surface area (Å²) >= 11 is 14.7. The molecule has 0 spiro atoms. The molecular formula is C32H33Cl2N5O4S2. The Morgan fingerprint density at radius 1 is 1.11 bits per heavy atom. The van der Waals surface area contributed by atoms with Crippen molar-refractivity contribution in [2.75, 3.05) is 4.90 Å². The highest BCUT2D eigenvalue weighted by Gasteiger charge is 2.51. The number of hydrogen-bond donors (Lipinski definition) is 2. The molecule has 2 N–H and O–H groups in total. The second-order valence-corrected chi connectivity index (χ2v) is 17.2. The van der Waals surface area contributed by atoms with Crippen molar-refractivity contribution in [2.45, 2.75) is 94.1 Å². The molecule has 3 saturated carbocycles. The van der Waals surface area contributed by atoms with Crippen LogP contribution in [0.1, 0.15) is 85.0 Å². The van der Waals surface area contributed by atoms with E-state index in [0.717, 1.165) is 75.6 Å². The second kappa shape index (κ2) is 10.7. The van der Waals surface area contributed by atoms with Gasteiger partial charge in [0.2, 0.25) is 10.0 Å². The van der Waals surface area contributed by atoms with E-state index in [1.165, 1.54) is 0 Å². The zero-order chi connectivity index (χ0) is 31.2. The predicted molar refractivity (Wildman–Crippen MR) is 177 cm³/mol. The summed E-state index contributed by atoms with van der Waals surface area (Å²) in [6.07, 6.45) is 6.45. The Balaban J connectivity index is 0.970. The minimum Gasteiger partial charge on any atom is -0.360 e. The molecule has 5 aliphatic rings. The van der Waals surface area contributed by atoms with Gasteiger partial charge in [-0.2, -0.15) is 0 Å². The van der Waals surface area contributed by atoms with E-state index in [1.807, 2.05) is 31.2 Å². The number of aromatic nitrogens is 2. The fourth-order valence-electron chi connectivity index (χ4n) is 6.89. The van der Waals surface area contributed by atoms with Crippen molar-refractivity contribution in [3.8, 4) is 11.3 Å². The van der Waals surface area contributed by atoms with E-state index < -0.39 is 20.7 Å². The molecular weight excluding hydrogens is 653 g/mol. The van der Waals surface area contributed by atoms with E-state index in [9.17, 15) is 13.2 Å². The number of carbonyl (C=O) groups excluding carboxylic acids is 1. The van der Waals surface area contributed by atoms with Crippen LogP contribution in [0.15, 0.2) is 34.9 Å². The summed E-state index contributed by atoms with van der Waals surface area (Å²) in [5, 5.41) is 10.3. The van der Waals surface area contributed by atoms with Crippen LogP contribution >= 0.6 is 34.5 Å². The Hall–Kier alpha value is -2.70. The number of rotatable bonds is 9. The molecule has 0 radical (unpaired) electrons. The monoisotopic (exact) mass is 685 g/mol.